The van der Waals surface area contributed by atoms with Gasteiger partial charge in [-0.05, 0) is 42.5 Å². The minimum Gasteiger partial charge on any atom is -0.497 e. The summed E-state index contributed by atoms with van der Waals surface area (Å²) in [5.74, 6) is 1.49. The fraction of sp³-hybridized carbons (Fsp3) is 0.0833. The maximum absolute atomic E-state index is 11.3. The van der Waals surface area contributed by atoms with Crippen LogP contribution in [0.15, 0.2) is 77.9 Å². The third-order valence-corrected chi connectivity index (χ3v) is 4.81. The van der Waals surface area contributed by atoms with Gasteiger partial charge in [0.05, 0.1) is 25.4 Å². The lowest BCUT2D eigenvalue weighted by Gasteiger charge is -2.10. The molecule has 1 aromatic heterocycles. The molecule has 0 aliphatic heterocycles. The molecular formula is C24H22N8O4. The second-order valence-corrected chi connectivity index (χ2v) is 7.18. The standard InChI is InChI=1S/C24H22N8O4/c1-35-19-13-11-18(12-14-19)27-23-28-22(26-17-8-4-3-5-9-17)29-24(30-23)31-25-15-16-7-6-10-20(32(33)34)21(16)36-2/h3-15H,1-2H3,(H3,26,27,28,29,30,31)/b25-15+. The van der Waals surface area contributed by atoms with Gasteiger partial charge in [-0.1, -0.05) is 24.3 Å². The van der Waals surface area contributed by atoms with Crippen molar-refractivity contribution >= 4 is 41.1 Å². The molecule has 3 N–H and O–H groups in total. The quantitative estimate of drug-likeness (QED) is 0.163. The number of rotatable bonds is 10. The van der Waals surface area contributed by atoms with Gasteiger partial charge in [-0.3, -0.25) is 10.1 Å². The highest BCUT2D eigenvalue weighted by Gasteiger charge is 2.17. The summed E-state index contributed by atoms with van der Waals surface area (Å²) >= 11 is 0. The van der Waals surface area contributed by atoms with E-state index in [1.54, 1.807) is 19.2 Å². The Kier molecular flexibility index (Phi) is 7.46. The Labute approximate surface area is 206 Å². The molecule has 0 radical (unpaired) electrons. The van der Waals surface area contributed by atoms with Crippen molar-refractivity contribution in [1.29, 1.82) is 0 Å². The molecular weight excluding hydrogens is 464 g/mol. The van der Waals surface area contributed by atoms with E-state index >= 15 is 0 Å². The van der Waals surface area contributed by atoms with E-state index in [1.165, 1.54) is 19.4 Å². The molecule has 0 fully saturated rings. The lowest BCUT2D eigenvalue weighted by Crippen LogP contribution is -2.07. The van der Waals surface area contributed by atoms with Crippen LogP contribution in [0.5, 0.6) is 11.5 Å². The number of para-hydroxylation sites is 2. The maximum atomic E-state index is 11.3. The summed E-state index contributed by atoms with van der Waals surface area (Å²) in [5, 5.41) is 21.6. The van der Waals surface area contributed by atoms with Crippen LogP contribution in [0.25, 0.3) is 0 Å². The third kappa shape index (κ3) is 5.99. The summed E-state index contributed by atoms with van der Waals surface area (Å²) in [7, 11) is 2.95. The zero-order valence-electron chi connectivity index (χ0n) is 19.4. The Morgan fingerprint density at radius 3 is 2.06 bits per heavy atom. The van der Waals surface area contributed by atoms with Crippen LogP contribution in [0.3, 0.4) is 0 Å². The van der Waals surface area contributed by atoms with Crippen LogP contribution in [0.1, 0.15) is 5.56 Å². The van der Waals surface area contributed by atoms with Crippen LogP contribution in [0.4, 0.5) is 34.9 Å². The molecule has 4 rings (SSSR count). The number of aromatic nitrogens is 3. The highest BCUT2D eigenvalue weighted by Crippen LogP contribution is 2.29. The zero-order valence-corrected chi connectivity index (χ0v) is 19.4. The molecule has 12 heteroatoms. The van der Waals surface area contributed by atoms with Crippen molar-refractivity contribution in [2.45, 2.75) is 0 Å². The van der Waals surface area contributed by atoms with E-state index < -0.39 is 4.92 Å². The van der Waals surface area contributed by atoms with Crippen molar-refractivity contribution < 1.29 is 14.4 Å². The predicted octanol–water partition coefficient (Wildman–Crippen LogP) is 4.73. The molecule has 0 saturated carbocycles. The first-order chi connectivity index (χ1) is 17.6. The van der Waals surface area contributed by atoms with Gasteiger partial charge in [-0.25, -0.2) is 5.43 Å². The number of anilines is 5. The molecule has 4 aromatic rings. The van der Waals surface area contributed by atoms with Gasteiger partial charge in [-0.2, -0.15) is 20.1 Å². The molecule has 3 aromatic carbocycles. The van der Waals surface area contributed by atoms with E-state index in [1.807, 2.05) is 54.6 Å². The minimum absolute atomic E-state index is 0.0944. The molecule has 36 heavy (non-hydrogen) atoms. The van der Waals surface area contributed by atoms with Gasteiger partial charge in [0.2, 0.25) is 23.6 Å². The summed E-state index contributed by atoms with van der Waals surface area (Å²) in [5.41, 5.74) is 4.52. The summed E-state index contributed by atoms with van der Waals surface area (Å²) in [4.78, 5) is 23.9. The number of nitrogens with zero attached hydrogens (tertiary/aromatic N) is 5. The van der Waals surface area contributed by atoms with Gasteiger partial charge >= 0.3 is 5.69 Å². The molecule has 0 aliphatic carbocycles. The topological polar surface area (TPSA) is 149 Å². The molecule has 0 unspecified atom stereocenters. The first-order valence-corrected chi connectivity index (χ1v) is 10.7. The van der Waals surface area contributed by atoms with Gasteiger partial charge in [0.1, 0.15) is 5.75 Å². The van der Waals surface area contributed by atoms with E-state index in [4.69, 9.17) is 9.47 Å². The van der Waals surface area contributed by atoms with Crippen molar-refractivity contribution in [3.63, 3.8) is 0 Å². The molecule has 0 bridgehead atoms. The highest BCUT2D eigenvalue weighted by atomic mass is 16.6. The molecule has 0 aliphatic rings. The maximum Gasteiger partial charge on any atom is 0.311 e. The number of nitro benzene ring substituents is 1. The van der Waals surface area contributed by atoms with Crippen molar-refractivity contribution in [2.75, 3.05) is 30.3 Å². The number of nitro groups is 1. The second-order valence-electron chi connectivity index (χ2n) is 7.18. The average molecular weight is 486 g/mol. The third-order valence-electron chi connectivity index (χ3n) is 4.81. The molecule has 12 nitrogen and oxygen atoms in total. The number of methoxy groups -OCH3 is 2. The van der Waals surface area contributed by atoms with Crippen molar-refractivity contribution in [1.82, 2.24) is 15.0 Å². The first kappa shape index (κ1) is 23.9. The Morgan fingerprint density at radius 2 is 1.44 bits per heavy atom. The number of nitrogens with one attached hydrogen (secondary N) is 3. The Morgan fingerprint density at radius 1 is 0.806 bits per heavy atom. The predicted molar refractivity (Wildman–Crippen MR) is 137 cm³/mol. The minimum atomic E-state index is -0.520. The summed E-state index contributed by atoms with van der Waals surface area (Å²) < 4.78 is 10.4. The normalized spacial score (nSPS) is 10.6. The van der Waals surface area contributed by atoms with Gasteiger partial charge in [0.15, 0.2) is 0 Å². The van der Waals surface area contributed by atoms with Gasteiger partial charge < -0.3 is 20.1 Å². The lowest BCUT2D eigenvalue weighted by molar-refractivity contribution is -0.385. The Bertz CT molecular complexity index is 1360. The van der Waals surface area contributed by atoms with Crippen LogP contribution in [0, 0.1) is 10.1 Å². The zero-order chi connectivity index (χ0) is 25.3. The van der Waals surface area contributed by atoms with Crippen molar-refractivity contribution in [3.8, 4) is 11.5 Å². The summed E-state index contributed by atoms with van der Waals surface area (Å²) in [6.07, 6.45) is 1.39. The van der Waals surface area contributed by atoms with Crippen molar-refractivity contribution in [2.24, 2.45) is 5.10 Å². The number of ether oxygens (including phenoxy) is 2. The number of benzene rings is 3. The SMILES string of the molecule is COc1ccc(Nc2nc(N/N=C/c3cccc([N+](=O)[O-])c3OC)nc(Nc3ccccc3)n2)cc1. The number of hydrogen-bond donors (Lipinski definition) is 3. The molecule has 0 atom stereocenters. The van der Waals surface area contributed by atoms with E-state index in [2.05, 4.69) is 36.1 Å². The molecule has 0 amide bonds. The molecule has 0 spiro atoms. The van der Waals surface area contributed by atoms with Gasteiger partial charge in [0, 0.05) is 23.0 Å². The van der Waals surface area contributed by atoms with Crippen LogP contribution in [-0.2, 0) is 0 Å². The lowest BCUT2D eigenvalue weighted by atomic mass is 10.2. The van der Waals surface area contributed by atoms with E-state index in [9.17, 15) is 10.1 Å². The number of hydrogen-bond acceptors (Lipinski definition) is 11. The smallest absolute Gasteiger partial charge is 0.311 e. The monoisotopic (exact) mass is 486 g/mol. The van der Waals surface area contributed by atoms with E-state index in [0.29, 0.717) is 5.56 Å². The van der Waals surface area contributed by atoms with Crippen LogP contribution in [0.2, 0.25) is 0 Å². The number of hydrazone groups is 1. The fourth-order valence-corrected chi connectivity index (χ4v) is 3.16. The van der Waals surface area contributed by atoms with Crippen molar-refractivity contribution in [3.05, 3.63) is 88.5 Å². The second kappa shape index (κ2) is 11.2. The summed E-state index contributed by atoms with van der Waals surface area (Å²) in [6.45, 7) is 0. The van der Waals surface area contributed by atoms with Crippen LogP contribution in [-0.4, -0.2) is 40.3 Å². The highest BCUT2D eigenvalue weighted by molar-refractivity contribution is 5.86. The molecule has 1 heterocycles. The Hall–Kier alpha value is -5.26. The Balaban J connectivity index is 1.60. The average Bonchev–Trinajstić information content (AvgIpc) is 2.89. The van der Waals surface area contributed by atoms with E-state index in [0.717, 1.165) is 17.1 Å². The van der Waals surface area contributed by atoms with Crippen LogP contribution < -0.4 is 25.5 Å². The van der Waals surface area contributed by atoms with Gasteiger partial charge in [-0.15, -0.1) is 0 Å². The first-order valence-electron chi connectivity index (χ1n) is 10.7. The largest absolute Gasteiger partial charge is 0.497 e. The fourth-order valence-electron chi connectivity index (χ4n) is 3.16. The van der Waals surface area contributed by atoms with Crippen LogP contribution >= 0.6 is 0 Å². The van der Waals surface area contributed by atoms with Gasteiger partial charge in [0.25, 0.3) is 0 Å². The molecule has 182 valence electrons. The van der Waals surface area contributed by atoms with E-state index in [-0.39, 0.29) is 29.3 Å². The summed E-state index contributed by atoms with van der Waals surface area (Å²) in [6, 6.07) is 21.2. The molecule has 0 saturated heterocycles.